The van der Waals surface area contributed by atoms with Crippen LogP contribution in [0.3, 0.4) is 0 Å². The van der Waals surface area contributed by atoms with Crippen molar-refractivity contribution in [1.29, 1.82) is 0 Å². The van der Waals surface area contributed by atoms with E-state index in [9.17, 15) is 9.59 Å². The van der Waals surface area contributed by atoms with E-state index in [1.165, 1.54) is 30.7 Å². The summed E-state index contributed by atoms with van der Waals surface area (Å²) < 4.78 is 0. The van der Waals surface area contributed by atoms with E-state index >= 15 is 0 Å². The standard InChI is InChI=1S/C24H36N4O2S/c1-16(12-18(3)27-15-29)17(2)13-26-23(30)21-14-31-24(19(21)4)28-11-5-6-22(28)20-7-9-25-10-8-20/h12,14-15,20,22,25H,5-11,13H2,1-4H3,(H,26,30)(H,27,29)/b17-16+,18-12-. The van der Waals surface area contributed by atoms with Gasteiger partial charge in [-0.3, -0.25) is 9.59 Å². The number of piperidine rings is 1. The molecule has 0 bridgehead atoms. The molecule has 31 heavy (non-hydrogen) atoms. The molecular formula is C24H36N4O2S. The molecule has 0 aliphatic carbocycles. The van der Waals surface area contributed by atoms with Gasteiger partial charge in [0.1, 0.15) is 0 Å². The molecule has 3 N–H and O–H groups in total. The van der Waals surface area contributed by atoms with Gasteiger partial charge in [-0.05, 0) is 89.6 Å². The molecule has 1 atom stereocenters. The first-order chi connectivity index (χ1) is 14.9. The Kier molecular flexibility index (Phi) is 8.32. The van der Waals surface area contributed by atoms with Crippen molar-refractivity contribution in [3.05, 3.63) is 39.4 Å². The fraction of sp³-hybridized carbons (Fsp3) is 0.583. The molecule has 1 aromatic rings. The molecule has 3 heterocycles. The van der Waals surface area contributed by atoms with Crippen LogP contribution in [0.5, 0.6) is 0 Å². The Morgan fingerprint density at radius 1 is 1.26 bits per heavy atom. The van der Waals surface area contributed by atoms with Gasteiger partial charge in [-0.2, -0.15) is 0 Å². The lowest BCUT2D eigenvalue weighted by atomic mass is 9.89. The highest BCUT2D eigenvalue weighted by atomic mass is 32.1. The van der Waals surface area contributed by atoms with Gasteiger partial charge in [0.25, 0.3) is 5.91 Å². The van der Waals surface area contributed by atoms with Crippen molar-refractivity contribution < 1.29 is 9.59 Å². The third-order valence-corrected chi connectivity index (χ3v) is 7.77. The van der Waals surface area contributed by atoms with Gasteiger partial charge in [-0.15, -0.1) is 11.3 Å². The van der Waals surface area contributed by atoms with Gasteiger partial charge in [0.2, 0.25) is 6.41 Å². The molecule has 2 fully saturated rings. The number of amides is 2. The Labute approximate surface area is 190 Å². The molecule has 170 valence electrons. The summed E-state index contributed by atoms with van der Waals surface area (Å²) in [7, 11) is 0. The van der Waals surface area contributed by atoms with E-state index in [2.05, 4.69) is 27.8 Å². The monoisotopic (exact) mass is 444 g/mol. The average molecular weight is 445 g/mol. The maximum atomic E-state index is 12.9. The predicted octanol–water partition coefficient (Wildman–Crippen LogP) is 3.74. The quantitative estimate of drug-likeness (QED) is 0.422. The molecule has 7 heteroatoms. The first kappa shape index (κ1) is 23.5. The van der Waals surface area contributed by atoms with Crippen LogP contribution in [-0.4, -0.2) is 44.5 Å². The summed E-state index contributed by atoms with van der Waals surface area (Å²) in [6.07, 6.45) is 7.59. The minimum Gasteiger partial charge on any atom is -0.360 e. The van der Waals surface area contributed by atoms with Crippen molar-refractivity contribution >= 4 is 28.7 Å². The molecule has 2 aliphatic rings. The molecule has 0 radical (unpaired) electrons. The van der Waals surface area contributed by atoms with Crippen LogP contribution in [0.25, 0.3) is 0 Å². The van der Waals surface area contributed by atoms with Crippen molar-refractivity contribution in [2.45, 2.75) is 59.4 Å². The number of anilines is 1. The fourth-order valence-corrected chi connectivity index (χ4v) is 5.87. The van der Waals surface area contributed by atoms with Gasteiger partial charge in [0, 0.05) is 30.2 Å². The maximum Gasteiger partial charge on any atom is 0.252 e. The molecule has 0 spiro atoms. The fourth-order valence-electron chi connectivity index (χ4n) is 4.71. The zero-order chi connectivity index (χ0) is 22.4. The second kappa shape index (κ2) is 11.0. The molecule has 1 unspecified atom stereocenters. The third-order valence-electron chi connectivity index (χ3n) is 6.65. The normalized spacial score (nSPS) is 21.1. The lowest BCUT2D eigenvalue weighted by molar-refractivity contribution is -0.108. The molecule has 6 nitrogen and oxygen atoms in total. The minimum absolute atomic E-state index is 0.0171. The first-order valence-electron chi connectivity index (χ1n) is 11.3. The van der Waals surface area contributed by atoms with Crippen LogP contribution in [-0.2, 0) is 4.79 Å². The van der Waals surface area contributed by atoms with Crippen LogP contribution in [0, 0.1) is 12.8 Å². The topological polar surface area (TPSA) is 73.5 Å². The van der Waals surface area contributed by atoms with Crippen LogP contribution in [0.4, 0.5) is 5.00 Å². The van der Waals surface area contributed by atoms with E-state index in [4.69, 9.17) is 0 Å². The number of carbonyl (C=O) groups excluding carboxylic acids is 2. The van der Waals surface area contributed by atoms with Gasteiger partial charge in [-0.25, -0.2) is 0 Å². The third kappa shape index (κ3) is 5.77. The summed E-state index contributed by atoms with van der Waals surface area (Å²) in [5, 5.41) is 12.5. The minimum atomic E-state index is -0.0171. The predicted molar refractivity (Wildman–Crippen MR) is 129 cm³/mol. The highest BCUT2D eigenvalue weighted by Crippen LogP contribution is 2.39. The van der Waals surface area contributed by atoms with E-state index in [1.54, 1.807) is 11.3 Å². The second-order valence-electron chi connectivity index (χ2n) is 8.81. The van der Waals surface area contributed by atoms with E-state index in [0.29, 0.717) is 19.0 Å². The Balaban J connectivity index is 1.66. The highest BCUT2D eigenvalue weighted by molar-refractivity contribution is 7.14. The summed E-state index contributed by atoms with van der Waals surface area (Å²) in [5.74, 6) is 0.736. The molecule has 0 aromatic carbocycles. The number of nitrogens with zero attached hydrogens (tertiary/aromatic N) is 1. The van der Waals surface area contributed by atoms with Crippen LogP contribution >= 0.6 is 11.3 Å². The number of carbonyl (C=O) groups is 2. The number of rotatable bonds is 8. The lowest BCUT2D eigenvalue weighted by Crippen LogP contribution is -2.41. The Bertz CT molecular complexity index is 852. The van der Waals surface area contributed by atoms with Gasteiger partial charge < -0.3 is 20.9 Å². The van der Waals surface area contributed by atoms with Crippen molar-refractivity contribution in [3.8, 4) is 0 Å². The SMILES string of the molecule is C/C(=C/C(C)=C(\C)CNC(=O)c1csc(N2CCCC2C2CCNCC2)c1C)NC=O. The molecular weight excluding hydrogens is 408 g/mol. The lowest BCUT2D eigenvalue weighted by Gasteiger charge is -2.35. The molecule has 2 saturated heterocycles. The van der Waals surface area contributed by atoms with Crippen LogP contribution in [0.15, 0.2) is 28.3 Å². The van der Waals surface area contributed by atoms with Crippen LogP contribution < -0.4 is 20.9 Å². The van der Waals surface area contributed by atoms with E-state index in [0.717, 1.165) is 53.5 Å². The van der Waals surface area contributed by atoms with Crippen molar-refractivity contribution in [2.75, 3.05) is 31.1 Å². The number of nitrogens with one attached hydrogen (secondary N) is 3. The smallest absolute Gasteiger partial charge is 0.252 e. The summed E-state index contributed by atoms with van der Waals surface area (Å²) in [4.78, 5) is 26.0. The van der Waals surface area contributed by atoms with E-state index in [-0.39, 0.29) is 5.91 Å². The molecule has 2 aliphatic heterocycles. The summed E-state index contributed by atoms with van der Waals surface area (Å²) in [5.41, 5.74) is 4.78. The van der Waals surface area contributed by atoms with Crippen LogP contribution in [0.1, 0.15) is 62.4 Å². The van der Waals surface area contributed by atoms with Gasteiger partial charge in [0.05, 0.1) is 10.6 Å². The zero-order valence-corrected chi connectivity index (χ0v) is 20.0. The Hall–Kier alpha value is -2.12. The van der Waals surface area contributed by atoms with Gasteiger partial charge in [0.15, 0.2) is 0 Å². The Morgan fingerprint density at radius 2 is 2.00 bits per heavy atom. The van der Waals surface area contributed by atoms with E-state index < -0.39 is 0 Å². The van der Waals surface area contributed by atoms with Gasteiger partial charge in [-0.1, -0.05) is 5.57 Å². The van der Waals surface area contributed by atoms with Gasteiger partial charge >= 0.3 is 0 Å². The summed E-state index contributed by atoms with van der Waals surface area (Å²) in [6.45, 7) is 11.7. The molecule has 3 rings (SSSR count). The number of allylic oxidation sites excluding steroid dienone is 3. The first-order valence-corrected chi connectivity index (χ1v) is 12.2. The summed E-state index contributed by atoms with van der Waals surface area (Å²) >= 11 is 1.71. The average Bonchev–Trinajstić information content (AvgIpc) is 3.39. The van der Waals surface area contributed by atoms with E-state index in [1.807, 2.05) is 32.2 Å². The number of thiophene rings is 1. The van der Waals surface area contributed by atoms with Crippen molar-refractivity contribution in [2.24, 2.45) is 5.92 Å². The van der Waals surface area contributed by atoms with Crippen molar-refractivity contribution in [3.63, 3.8) is 0 Å². The summed E-state index contributed by atoms with van der Waals surface area (Å²) in [6, 6.07) is 0.609. The van der Waals surface area contributed by atoms with Crippen LogP contribution in [0.2, 0.25) is 0 Å². The Morgan fingerprint density at radius 3 is 2.71 bits per heavy atom. The number of hydrogen-bond acceptors (Lipinski definition) is 5. The van der Waals surface area contributed by atoms with Crippen molar-refractivity contribution in [1.82, 2.24) is 16.0 Å². The number of hydrogen-bond donors (Lipinski definition) is 3. The molecule has 1 aromatic heterocycles. The molecule has 2 amide bonds. The zero-order valence-electron chi connectivity index (χ0n) is 19.2. The second-order valence-corrected chi connectivity index (χ2v) is 9.66. The largest absolute Gasteiger partial charge is 0.360 e. The molecule has 0 saturated carbocycles. The highest BCUT2D eigenvalue weighted by Gasteiger charge is 2.34. The maximum absolute atomic E-state index is 12.9.